The molecule has 0 saturated carbocycles. The van der Waals surface area contributed by atoms with E-state index in [0.29, 0.717) is 17.9 Å². The number of rotatable bonds is 5. The molecule has 1 saturated heterocycles. The molecule has 0 bridgehead atoms. The van der Waals surface area contributed by atoms with Crippen LogP contribution in [0.3, 0.4) is 0 Å². The van der Waals surface area contributed by atoms with E-state index in [-0.39, 0.29) is 12.2 Å². The van der Waals surface area contributed by atoms with Crippen molar-refractivity contribution >= 4 is 5.91 Å². The van der Waals surface area contributed by atoms with Crippen molar-refractivity contribution in [3.05, 3.63) is 60.2 Å². The Morgan fingerprint density at radius 1 is 1.00 bits per heavy atom. The number of ether oxygens (including phenoxy) is 2. The predicted molar refractivity (Wildman–Crippen MR) is 85.1 cm³/mol. The molecular formula is C18H19NO4. The number of hydrogen-bond acceptors (Lipinski definition) is 4. The second kappa shape index (κ2) is 7.76. The first-order valence-electron chi connectivity index (χ1n) is 7.72. The minimum Gasteiger partial charge on any atom is -0.457 e. The van der Waals surface area contributed by atoms with Gasteiger partial charge < -0.3 is 9.47 Å². The molecule has 1 unspecified atom stereocenters. The van der Waals surface area contributed by atoms with Crippen LogP contribution in [0.25, 0.3) is 0 Å². The molecule has 23 heavy (non-hydrogen) atoms. The monoisotopic (exact) mass is 313 g/mol. The summed E-state index contributed by atoms with van der Waals surface area (Å²) in [5, 5.41) is 0. The SMILES string of the molecule is O=C(NOC1CCCCO1)c1ccc(Oc2ccccc2)cc1. The van der Waals surface area contributed by atoms with Crippen LogP contribution in [0.2, 0.25) is 0 Å². The normalized spacial score (nSPS) is 17.5. The fraction of sp³-hybridized carbons (Fsp3) is 0.278. The number of hydrogen-bond donors (Lipinski definition) is 1. The van der Waals surface area contributed by atoms with Crippen LogP contribution in [-0.4, -0.2) is 18.8 Å². The fourth-order valence-corrected chi connectivity index (χ4v) is 2.28. The minimum atomic E-state index is -0.353. The lowest BCUT2D eigenvalue weighted by Crippen LogP contribution is -2.33. The van der Waals surface area contributed by atoms with E-state index in [1.807, 2.05) is 30.3 Å². The van der Waals surface area contributed by atoms with Gasteiger partial charge in [-0.3, -0.25) is 4.79 Å². The zero-order valence-corrected chi connectivity index (χ0v) is 12.7. The molecule has 1 amide bonds. The summed E-state index contributed by atoms with van der Waals surface area (Å²) >= 11 is 0. The highest BCUT2D eigenvalue weighted by molar-refractivity contribution is 5.93. The molecular weight excluding hydrogens is 294 g/mol. The summed E-state index contributed by atoms with van der Waals surface area (Å²) in [6.45, 7) is 0.673. The van der Waals surface area contributed by atoms with Gasteiger partial charge in [-0.25, -0.2) is 10.3 Å². The third kappa shape index (κ3) is 4.55. The quantitative estimate of drug-likeness (QED) is 0.856. The molecule has 0 radical (unpaired) electrons. The van der Waals surface area contributed by atoms with Crippen LogP contribution in [0.5, 0.6) is 11.5 Å². The third-order valence-electron chi connectivity index (χ3n) is 3.52. The van der Waals surface area contributed by atoms with Crippen LogP contribution in [0, 0.1) is 0 Å². The first kappa shape index (κ1) is 15.5. The molecule has 2 aromatic rings. The van der Waals surface area contributed by atoms with Crippen molar-refractivity contribution in [2.24, 2.45) is 0 Å². The average Bonchev–Trinajstić information content (AvgIpc) is 2.62. The maximum atomic E-state index is 12.0. The largest absolute Gasteiger partial charge is 0.457 e. The third-order valence-corrected chi connectivity index (χ3v) is 3.52. The topological polar surface area (TPSA) is 56.8 Å². The van der Waals surface area contributed by atoms with Gasteiger partial charge in [-0.1, -0.05) is 18.2 Å². The van der Waals surface area contributed by atoms with Gasteiger partial charge in [0.15, 0.2) is 6.29 Å². The van der Waals surface area contributed by atoms with E-state index in [0.717, 1.165) is 25.0 Å². The molecule has 1 N–H and O–H groups in total. The van der Waals surface area contributed by atoms with E-state index in [9.17, 15) is 4.79 Å². The number of nitrogens with one attached hydrogen (secondary N) is 1. The number of para-hydroxylation sites is 1. The predicted octanol–water partition coefficient (Wildman–Crippen LogP) is 3.67. The molecule has 2 aromatic carbocycles. The van der Waals surface area contributed by atoms with Crippen LogP contribution in [0.4, 0.5) is 0 Å². The molecule has 1 atom stereocenters. The van der Waals surface area contributed by atoms with Crippen molar-refractivity contribution in [3.8, 4) is 11.5 Å². The van der Waals surface area contributed by atoms with Gasteiger partial charge in [0, 0.05) is 18.6 Å². The van der Waals surface area contributed by atoms with Gasteiger partial charge >= 0.3 is 0 Å². The molecule has 5 heteroatoms. The zero-order valence-electron chi connectivity index (χ0n) is 12.7. The zero-order chi connectivity index (χ0) is 15.9. The van der Waals surface area contributed by atoms with E-state index in [1.54, 1.807) is 24.3 Å². The van der Waals surface area contributed by atoms with Gasteiger partial charge in [-0.05, 0) is 49.2 Å². The molecule has 1 aliphatic rings. The smallest absolute Gasteiger partial charge is 0.274 e. The highest BCUT2D eigenvalue weighted by Gasteiger charge is 2.16. The van der Waals surface area contributed by atoms with Gasteiger partial charge in [-0.15, -0.1) is 0 Å². The van der Waals surface area contributed by atoms with Crippen LogP contribution in [0.15, 0.2) is 54.6 Å². The summed E-state index contributed by atoms with van der Waals surface area (Å²) in [5.41, 5.74) is 2.93. The summed E-state index contributed by atoms with van der Waals surface area (Å²) in [6, 6.07) is 16.4. The van der Waals surface area contributed by atoms with Crippen LogP contribution in [-0.2, 0) is 9.57 Å². The number of carbonyl (C=O) groups is 1. The van der Waals surface area contributed by atoms with E-state index < -0.39 is 0 Å². The lowest BCUT2D eigenvalue weighted by atomic mass is 10.2. The van der Waals surface area contributed by atoms with Gasteiger partial charge in [-0.2, -0.15) is 0 Å². The molecule has 3 rings (SSSR count). The van der Waals surface area contributed by atoms with Crippen molar-refractivity contribution in [1.29, 1.82) is 0 Å². The summed E-state index contributed by atoms with van der Waals surface area (Å²) in [4.78, 5) is 17.3. The molecule has 1 aliphatic heterocycles. The van der Waals surface area contributed by atoms with Crippen molar-refractivity contribution in [3.63, 3.8) is 0 Å². The van der Waals surface area contributed by atoms with E-state index in [4.69, 9.17) is 14.3 Å². The lowest BCUT2D eigenvalue weighted by molar-refractivity contribution is -0.186. The number of hydroxylamine groups is 1. The maximum Gasteiger partial charge on any atom is 0.274 e. The first-order chi connectivity index (χ1) is 11.3. The standard InChI is InChI=1S/C18H19NO4/c20-18(19-23-17-8-4-5-13-21-17)14-9-11-16(12-10-14)22-15-6-2-1-3-7-15/h1-3,6-7,9-12,17H,4-5,8,13H2,(H,19,20). The van der Waals surface area contributed by atoms with Crippen molar-refractivity contribution in [2.45, 2.75) is 25.6 Å². The second-order valence-electron chi connectivity index (χ2n) is 5.28. The number of carbonyl (C=O) groups excluding carboxylic acids is 1. The minimum absolute atomic E-state index is 0.301. The van der Waals surface area contributed by atoms with Gasteiger partial charge in [0.25, 0.3) is 5.91 Å². The Labute approximate surface area is 135 Å². The van der Waals surface area contributed by atoms with Crippen molar-refractivity contribution < 1.29 is 19.1 Å². The lowest BCUT2D eigenvalue weighted by Gasteiger charge is -2.22. The van der Waals surface area contributed by atoms with Crippen LogP contribution < -0.4 is 10.2 Å². The summed E-state index contributed by atoms with van der Waals surface area (Å²) in [7, 11) is 0. The molecule has 1 heterocycles. The number of amides is 1. The Bertz CT molecular complexity index is 621. The van der Waals surface area contributed by atoms with Gasteiger partial charge in [0.2, 0.25) is 0 Å². The van der Waals surface area contributed by atoms with E-state index in [2.05, 4.69) is 5.48 Å². The Morgan fingerprint density at radius 2 is 1.74 bits per heavy atom. The highest BCUT2D eigenvalue weighted by Crippen LogP contribution is 2.21. The second-order valence-corrected chi connectivity index (χ2v) is 5.28. The Kier molecular flexibility index (Phi) is 5.24. The molecule has 5 nitrogen and oxygen atoms in total. The maximum absolute atomic E-state index is 12.0. The summed E-state index contributed by atoms with van der Waals surface area (Å²) in [6.07, 6.45) is 2.53. The molecule has 0 spiro atoms. The van der Waals surface area contributed by atoms with Gasteiger partial charge in [0.05, 0.1) is 0 Å². The Balaban J connectivity index is 1.52. The van der Waals surface area contributed by atoms with Crippen molar-refractivity contribution in [1.82, 2.24) is 5.48 Å². The summed E-state index contributed by atoms with van der Waals surface area (Å²) in [5.74, 6) is 1.12. The first-order valence-corrected chi connectivity index (χ1v) is 7.72. The molecule has 0 aliphatic carbocycles. The van der Waals surface area contributed by atoms with Crippen LogP contribution in [0.1, 0.15) is 29.6 Å². The van der Waals surface area contributed by atoms with Gasteiger partial charge in [0.1, 0.15) is 11.5 Å². The number of benzene rings is 2. The van der Waals surface area contributed by atoms with Crippen molar-refractivity contribution in [2.75, 3.05) is 6.61 Å². The Morgan fingerprint density at radius 3 is 2.43 bits per heavy atom. The van der Waals surface area contributed by atoms with E-state index >= 15 is 0 Å². The Hall–Kier alpha value is -2.37. The van der Waals surface area contributed by atoms with Crippen LogP contribution >= 0.6 is 0 Å². The van der Waals surface area contributed by atoms with E-state index in [1.165, 1.54) is 0 Å². The molecule has 1 fully saturated rings. The highest BCUT2D eigenvalue weighted by atomic mass is 16.8. The fourth-order valence-electron chi connectivity index (χ4n) is 2.28. The average molecular weight is 313 g/mol. The molecule has 120 valence electrons. The summed E-state index contributed by atoms with van der Waals surface area (Å²) < 4.78 is 11.1. The molecule has 0 aromatic heterocycles.